The van der Waals surface area contributed by atoms with Crippen molar-refractivity contribution in [3.05, 3.63) is 58.7 Å². The van der Waals surface area contributed by atoms with E-state index in [9.17, 15) is 8.42 Å². The lowest BCUT2D eigenvalue weighted by Crippen LogP contribution is -2.16. The maximum Gasteiger partial charge on any atom is 0.229 e. The molecule has 1 aromatic heterocycles. The van der Waals surface area contributed by atoms with Crippen molar-refractivity contribution in [2.75, 3.05) is 30.8 Å². The van der Waals surface area contributed by atoms with E-state index in [-0.39, 0.29) is 9.92 Å². The molecule has 0 amide bonds. The van der Waals surface area contributed by atoms with Gasteiger partial charge in [0, 0.05) is 5.56 Å². The van der Waals surface area contributed by atoms with Crippen LogP contribution in [0.4, 0.5) is 23.1 Å². The second-order valence-electron chi connectivity index (χ2n) is 8.26. The molecular weight excluding hydrogens is 474 g/mol. The quantitative estimate of drug-likeness (QED) is 0.434. The minimum Gasteiger partial charge on any atom is -0.494 e. The zero-order chi connectivity index (χ0) is 24.3. The summed E-state index contributed by atoms with van der Waals surface area (Å²) in [4.78, 5) is 9.00. The Kier molecular flexibility index (Phi) is 7.25. The first kappa shape index (κ1) is 24.3. The largest absolute Gasteiger partial charge is 0.494 e. The van der Waals surface area contributed by atoms with Crippen molar-refractivity contribution in [3.63, 3.8) is 0 Å². The smallest absolute Gasteiger partial charge is 0.229 e. The van der Waals surface area contributed by atoms with Crippen molar-refractivity contribution < 1.29 is 13.2 Å². The van der Waals surface area contributed by atoms with Crippen LogP contribution in [-0.4, -0.2) is 43.8 Å². The van der Waals surface area contributed by atoms with Crippen LogP contribution in [-0.2, 0) is 22.7 Å². The number of nitrogens with zero attached hydrogens (tertiary/aromatic N) is 2. The molecule has 0 spiro atoms. The molecular formula is C24H28ClN5O3S. The van der Waals surface area contributed by atoms with Gasteiger partial charge >= 0.3 is 0 Å². The van der Waals surface area contributed by atoms with Gasteiger partial charge in [-0.2, -0.15) is 4.98 Å². The van der Waals surface area contributed by atoms with Gasteiger partial charge < -0.3 is 20.7 Å². The van der Waals surface area contributed by atoms with Gasteiger partial charge in [-0.3, -0.25) is 0 Å². The maximum absolute atomic E-state index is 12.8. The monoisotopic (exact) mass is 501 g/mol. The number of benzene rings is 2. The summed E-state index contributed by atoms with van der Waals surface area (Å²) in [6, 6.07) is 10.7. The molecule has 34 heavy (non-hydrogen) atoms. The minimum absolute atomic E-state index is 0.190. The molecule has 4 rings (SSSR count). The molecule has 180 valence electrons. The number of anilines is 4. The third-order valence-corrected chi connectivity index (χ3v) is 8.23. The number of fused-ring (bicyclic) bond motifs is 1. The topological polar surface area (TPSA) is 105 Å². The summed E-state index contributed by atoms with van der Waals surface area (Å²) in [6.45, 7) is 5.12. The third-order valence-electron chi connectivity index (χ3n) is 5.74. The molecule has 0 unspecified atom stereocenters. The summed E-state index contributed by atoms with van der Waals surface area (Å²) in [7, 11) is -1.85. The number of halogens is 1. The predicted octanol–water partition coefficient (Wildman–Crippen LogP) is 4.50. The van der Waals surface area contributed by atoms with Crippen LogP contribution in [0.3, 0.4) is 0 Å². The second kappa shape index (κ2) is 10.2. The molecule has 0 saturated carbocycles. The van der Waals surface area contributed by atoms with E-state index in [4.69, 9.17) is 16.3 Å². The van der Waals surface area contributed by atoms with E-state index < -0.39 is 15.1 Å². The standard InChI is InChI=1S/C24H28ClN5O3S/c1-15(2)34(31,32)21-7-5-4-6-19(21)28-23-18(25)14-27-24(30-23)29-20-9-8-16-10-12-26-13-11-17(16)22(20)33-3/h4-9,14-15,26H,10-13H2,1-3H3,(H2,27,28,29,30). The molecule has 2 aromatic carbocycles. The van der Waals surface area contributed by atoms with Crippen LogP contribution in [0.5, 0.6) is 5.75 Å². The summed E-state index contributed by atoms with van der Waals surface area (Å²) >= 11 is 6.35. The van der Waals surface area contributed by atoms with Crippen molar-refractivity contribution in [3.8, 4) is 5.75 Å². The maximum atomic E-state index is 12.8. The first-order chi connectivity index (χ1) is 16.3. The van der Waals surface area contributed by atoms with Gasteiger partial charge in [-0.1, -0.05) is 29.8 Å². The van der Waals surface area contributed by atoms with E-state index in [0.29, 0.717) is 17.5 Å². The zero-order valence-electron chi connectivity index (χ0n) is 19.4. The highest BCUT2D eigenvalue weighted by molar-refractivity contribution is 7.92. The molecule has 8 nitrogen and oxygen atoms in total. The molecule has 0 fully saturated rings. The van der Waals surface area contributed by atoms with Gasteiger partial charge in [0.15, 0.2) is 15.7 Å². The number of ether oxygens (including phenoxy) is 1. The van der Waals surface area contributed by atoms with Crippen LogP contribution in [0.15, 0.2) is 47.5 Å². The Morgan fingerprint density at radius 3 is 2.59 bits per heavy atom. The molecule has 10 heteroatoms. The molecule has 0 atom stereocenters. The number of aromatic nitrogens is 2. The number of rotatable bonds is 7. The molecule has 0 saturated heterocycles. The van der Waals surface area contributed by atoms with Gasteiger partial charge in [-0.25, -0.2) is 13.4 Å². The lowest BCUT2D eigenvalue weighted by atomic mass is 10.0. The normalized spacial score (nSPS) is 13.8. The average Bonchev–Trinajstić information content (AvgIpc) is 3.07. The molecule has 1 aliphatic heterocycles. The van der Waals surface area contributed by atoms with Gasteiger partial charge in [-0.05, 0) is 63.5 Å². The number of hydrogen-bond donors (Lipinski definition) is 3. The number of nitrogens with one attached hydrogen (secondary N) is 3. The Bertz CT molecular complexity index is 1300. The number of para-hydroxylation sites is 1. The van der Waals surface area contributed by atoms with Gasteiger partial charge in [0.1, 0.15) is 10.8 Å². The Balaban J connectivity index is 1.66. The summed E-state index contributed by atoms with van der Waals surface area (Å²) in [6.07, 6.45) is 3.28. The van der Waals surface area contributed by atoms with Crippen LogP contribution >= 0.6 is 11.6 Å². The van der Waals surface area contributed by atoms with Gasteiger partial charge in [0.05, 0.1) is 34.8 Å². The van der Waals surface area contributed by atoms with Crippen molar-refractivity contribution in [1.29, 1.82) is 0 Å². The van der Waals surface area contributed by atoms with E-state index in [2.05, 4.69) is 32.0 Å². The lowest BCUT2D eigenvalue weighted by Gasteiger charge is -2.17. The van der Waals surface area contributed by atoms with Crippen molar-refractivity contribution in [2.45, 2.75) is 36.8 Å². The molecule has 0 radical (unpaired) electrons. The number of hydrogen-bond acceptors (Lipinski definition) is 8. The fraction of sp³-hybridized carbons (Fsp3) is 0.333. The fourth-order valence-electron chi connectivity index (χ4n) is 3.90. The van der Waals surface area contributed by atoms with E-state index in [1.165, 1.54) is 11.8 Å². The molecule has 0 aliphatic carbocycles. The minimum atomic E-state index is -3.51. The first-order valence-electron chi connectivity index (χ1n) is 11.1. The average molecular weight is 502 g/mol. The van der Waals surface area contributed by atoms with Crippen LogP contribution in [0.2, 0.25) is 5.02 Å². The molecule has 0 bridgehead atoms. The SMILES string of the molecule is COc1c(Nc2ncc(Cl)c(Nc3ccccc3S(=O)(=O)C(C)C)n2)ccc2c1CCNCC2. The highest BCUT2D eigenvalue weighted by Gasteiger charge is 2.23. The Morgan fingerprint density at radius 1 is 1.06 bits per heavy atom. The Hall–Kier alpha value is -2.88. The van der Waals surface area contributed by atoms with E-state index in [1.807, 2.05) is 6.07 Å². The summed E-state index contributed by atoms with van der Waals surface area (Å²) in [5.74, 6) is 1.37. The summed E-state index contributed by atoms with van der Waals surface area (Å²) in [5.41, 5.74) is 3.57. The predicted molar refractivity (Wildman–Crippen MR) is 136 cm³/mol. The van der Waals surface area contributed by atoms with Gasteiger partial charge in [0.25, 0.3) is 0 Å². The molecule has 3 N–H and O–H groups in total. The number of sulfone groups is 1. The molecule has 1 aliphatic rings. The van der Waals surface area contributed by atoms with Crippen molar-refractivity contribution in [1.82, 2.24) is 15.3 Å². The first-order valence-corrected chi connectivity index (χ1v) is 13.0. The van der Waals surface area contributed by atoms with E-state index >= 15 is 0 Å². The Labute approximate surface area is 205 Å². The van der Waals surface area contributed by atoms with Crippen molar-refractivity contribution in [2.24, 2.45) is 0 Å². The second-order valence-corrected chi connectivity index (χ2v) is 11.1. The van der Waals surface area contributed by atoms with Crippen LogP contribution < -0.4 is 20.7 Å². The zero-order valence-corrected chi connectivity index (χ0v) is 20.9. The highest BCUT2D eigenvalue weighted by Crippen LogP contribution is 2.35. The van der Waals surface area contributed by atoms with Crippen LogP contribution in [0.1, 0.15) is 25.0 Å². The summed E-state index contributed by atoms with van der Waals surface area (Å²) < 4.78 is 31.4. The van der Waals surface area contributed by atoms with E-state index in [0.717, 1.165) is 42.9 Å². The lowest BCUT2D eigenvalue weighted by molar-refractivity contribution is 0.411. The number of methoxy groups -OCH3 is 1. The highest BCUT2D eigenvalue weighted by atomic mass is 35.5. The fourth-order valence-corrected chi connectivity index (χ4v) is 5.24. The third kappa shape index (κ3) is 4.96. The van der Waals surface area contributed by atoms with E-state index in [1.54, 1.807) is 45.2 Å². The van der Waals surface area contributed by atoms with Crippen LogP contribution in [0.25, 0.3) is 0 Å². The Morgan fingerprint density at radius 2 is 1.82 bits per heavy atom. The summed E-state index contributed by atoms with van der Waals surface area (Å²) in [5, 5.41) is 9.41. The molecule has 3 aromatic rings. The van der Waals surface area contributed by atoms with Gasteiger partial charge in [0.2, 0.25) is 5.95 Å². The van der Waals surface area contributed by atoms with Gasteiger partial charge in [-0.15, -0.1) is 0 Å². The van der Waals surface area contributed by atoms with Crippen molar-refractivity contribution >= 4 is 44.6 Å². The molecule has 2 heterocycles. The van der Waals surface area contributed by atoms with Crippen LogP contribution in [0, 0.1) is 0 Å².